The second-order valence-electron chi connectivity index (χ2n) is 3.84. The van der Waals surface area contributed by atoms with Gasteiger partial charge < -0.3 is 14.6 Å². The molecule has 0 aliphatic carbocycles. The van der Waals surface area contributed by atoms with E-state index in [2.05, 4.69) is 13.8 Å². The van der Waals surface area contributed by atoms with Gasteiger partial charge in [-0.2, -0.15) is 0 Å². The fraction of sp³-hybridized carbons (Fsp3) is 0.538. The monoisotopic (exact) mass is 224 g/mol. The Morgan fingerprint density at radius 1 is 1.44 bits per heavy atom. The van der Waals surface area contributed by atoms with Crippen molar-refractivity contribution in [3.05, 3.63) is 30.3 Å². The Morgan fingerprint density at radius 3 is 2.44 bits per heavy atom. The molecule has 0 saturated carbocycles. The number of hydrogen-bond donors (Lipinski definition) is 1. The largest absolute Gasteiger partial charge is 0.508 e. The van der Waals surface area contributed by atoms with E-state index in [9.17, 15) is 0 Å². The minimum atomic E-state index is 0.322. The van der Waals surface area contributed by atoms with Crippen LogP contribution in [0.25, 0.3) is 0 Å². The number of hydrogen-bond acceptors (Lipinski definition) is 3. The Kier molecular flexibility index (Phi) is 5.90. The molecule has 2 rings (SSSR count). The van der Waals surface area contributed by atoms with Crippen LogP contribution in [0.1, 0.15) is 20.3 Å². The van der Waals surface area contributed by atoms with E-state index in [1.54, 1.807) is 24.3 Å². The molecule has 2 atom stereocenters. The van der Waals surface area contributed by atoms with E-state index in [4.69, 9.17) is 14.6 Å². The topological polar surface area (TPSA) is 42.0 Å². The van der Waals surface area contributed by atoms with E-state index >= 15 is 0 Å². The average molecular weight is 224 g/mol. The van der Waals surface area contributed by atoms with Crippen LogP contribution >= 0.6 is 0 Å². The molecule has 1 aliphatic heterocycles. The van der Waals surface area contributed by atoms with Gasteiger partial charge in [0.25, 0.3) is 0 Å². The molecule has 0 amide bonds. The first-order valence-electron chi connectivity index (χ1n) is 5.69. The molecule has 0 aromatic heterocycles. The Bertz CT molecular complexity index is 270. The van der Waals surface area contributed by atoms with Crippen LogP contribution < -0.4 is 0 Å². The fourth-order valence-corrected chi connectivity index (χ4v) is 0.982. The molecule has 2 unspecified atom stereocenters. The summed E-state index contributed by atoms with van der Waals surface area (Å²) in [5, 5.41) is 8.63. The molecule has 1 saturated heterocycles. The van der Waals surface area contributed by atoms with Gasteiger partial charge in [-0.1, -0.05) is 25.1 Å². The zero-order chi connectivity index (χ0) is 11.8. The second-order valence-corrected chi connectivity index (χ2v) is 3.84. The minimum Gasteiger partial charge on any atom is -0.508 e. The molecule has 3 heteroatoms. The molecule has 90 valence electrons. The van der Waals surface area contributed by atoms with Crippen molar-refractivity contribution in [1.29, 1.82) is 0 Å². The van der Waals surface area contributed by atoms with Crippen molar-refractivity contribution in [3.8, 4) is 5.75 Å². The molecule has 0 spiro atoms. The normalized spacial score (nSPS) is 19.5. The quantitative estimate of drug-likeness (QED) is 0.799. The molecule has 1 N–H and O–H groups in total. The average Bonchev–Trinajstić information content (AvgIpc) is 3.11. The number of phenolic OH excluding ortho intramolecular Hbond substituents is 1. The highest BCUT2D eigenvalue weighted by molar-refractivity contribution is 5.18. The third kappa shape index (κ3) is 6.43. The Morgan fingerprint density at radius 2 is 2.06 bits per heavy atom. The van der Waals surface area contributed by atoms with Crippen LogP contribution in [0, 0.1) is 0 Å². The smallest absolute Gasteiger partial charge is 0.115 e. The molecule has 0 bridgehead atoms. The summed E-state index contributed by atoms with van der Waals surface area (Å²) in [6, 6.07) is 8.71. The van der Waals surface area contributed by atoms with Gasteiger partial charge in [0.2, 0.25) is 0 Å². The van der Waals surface area contributed by atoms with E-state index in [0.717, 1.165) is 19.6 Å². The zero-order valence-electron chi connectivity index (χ0n) is 9.93. The lowest BCUT2D eigenvalue weighted by molar-refractivity contribution is 0.0523. The predicted molar refractivity (Wildman–Crippen MR) is 63.6 cm³/mol. The number of aromatic hydroxyl groups is 1. The number of benzene rings is 1. The van der Waals surface area contributed by atoms with E-state index < -0.39 is 0 Å². The van der Waals surface area contributed by atoms with Crippen LogP contribution in [0.2, 0.25) is 0 Å². The number of ether oxygens (including phenoxy) is 2. The van der Waals surface area contributed by atoms with Crippen LogP contribution in [-0.2, 0) is 9.47 Å². The lowest BCUT2D eigenvalue weighted by Crippen LogP contribution is -2.10. The van der Waals surface area contributed by atoms with Gasteiger partial charge in [-0.15, -0.1) is 0 Å². The SMILES string of the molecule is CCC(C)OCC1CO1.Oc1ccccc1. The first kappa shape index (κ1) is 13.0. The van der Waals surface area contributed by atoms with Crippen molar-refractivity contribution in [2.75, 3.05) is 13.2 Å². The molecule has 1 fully saturated rings. The Hall–Kier alpha value is -1.06. The summed E-state index contributed by atoms with van der Waals surface area (Å²) in [5.74, 6) is 0.322. The summed E-state index contributed by atoms with van der Waals surface area (Å²) in [5.41, 5.74) is 0. The Labute approximate surface area is 97.0 Å². The van der Waals surface area contributed by atoms with Gasteiger partial charge in [0.1, 0.15) is 11.9 Å². The Balaban J connectivity index is 0.000000165. The molecule has 1 aliphatic rings. The molecule has 1 aromatic carbocycles. The summed E-state index contributed by atoms with van der Waals surface area (Å²) < 4.78 is 10.4. The summed E-state index contributed by atoms with van der Waals surface area (Å²) >= 11 is 0. The minimum absolute atomic E-state index is 0.322. The highest BCUT2D eigenvalue weighted by atomic mass is 16.6. The third-order valence-corrected chi connectivity index (χ3v) is 2.30. The summed E-state index contributed by atoms with van der Waals surface area (Å²) in [6.45, 7) is 5.90. The number of phenols is 1. The van der Waals surface area contributed by atoms with Crippen molar-refractivity contribution < 1.29 is 14.6 Å². The van der Waals surface area contributed by atoms with Gasteiger partial charge in [0, 0.05) is 0 Å². The lowest BCUT2D eigenvalue weighted by atomic mass is 10.3. The molecule has 16 heavy (non-hydrogen) atoms. The predicted octanol–water partition coefficient (Wildman–Crippen LogP) is 2.59. The van der Waals surface area contributed by atoms with Crippen LogP contribution in [0.3, 0.4) is 0 Å². The van der Waals surface area contributed by atoms with Crippen LogP contribution in [0.4, 0.5) is 0 Å². The van der Waals surface area contributed by atoms with Gasteiger partial charge in [0.05, 0.1) is 19.3 Å². The maximum atomic E-state index is 8.63. The van der Waals surface area contributed by atoms with Crippen molar-refractivity contribution in [1.82, 2.24) is 0 Å². The molecule has 3 nitrogen and oxygen atoms in total. The van der Waals surface area contributed by atoms with E-state index in [1.165, 1.54) is 0 Å². The summed E-state index contributed by atoms with van der Waals surface area (Å²) in [4.78, 5) is 0. The lowest BCUT2D eigenvalue weighted by Gasteiger charge is -2.07. The maximum Gasteiger partial charge on any atom is 0.115 e. The molecular formula is C13H20O3. The summed E-state index contributed by atoms with van der Waals surface area (Å²) in [7, 11) is 0. The fourth-order valence-electron chi connectivity index (χ4n) is 0.982. The van der Waals surface area contributed by atoms with Gasteiger partial charge in [-0.05, 0) is 25.5 Å². The third-order valence-electron chi connectivity index (χ3n) is 2.30. The molecule has 0 radical (unpaired) electrons. The number of epoxide rings is 1. The van der Waals surface area contributed by atoms with Crippen molar-refractivity contribution in [2.45, 2.75) is 32.5 Å². The van der Waals surface area contributed by atoms with Gasteiger partial charge in [-0.3, -0.25) is 0 Å². The van der Waals surface area contributed by atoms with Gasteiger partial charge in [0.15, 0.2) is 0 Å². The second kappa shape index (κ2) is 7.25. The van der Waals surface area contributed by atoms with E-state index in [-0.39, 0.29) is 0 Å². The van der Waals surface area contributed by atoms with Crippen LogP contribution in [0.15, 0.2) is 30.3 Å². The first-order valence-corrected chi connectivity index (χ1v) is 5.69. The van der Waals surface area contributed by atoms with Crippen LogP contribution in [0.5, 0.6) is 5.75 Å². The molecule has 1 heterocycles. The highest BCUT2D eigenvalue weighted by Gasteiger charge is 2.22. The van der Waals surface area contributed by atoms with Crippen molar-refractivity contribution >= 4 is 0 Å². The van der Waals surface area contributed by atoms with Gasteiger partial charge >= 0.3 is 0 Å². The van der Waals surface area contributed by atoms with Crippen LogP contribution in [-0.4, -0.2) is 30.5 Å². The van der Waals surface area contributed by atoms with E-state index in [0.29, 0.717) is 18.0 Å². The summed E-state index contributed by atoms with van der Waals surface area (Å²) in [6.07, 6.45) is 1.90. The zero-order valence-corrected chi connectivity index (χ0v) is 9.93. The van der Waals surface area contributed by atoms with Gasteiger partial charge in [-0.25, -0.2) is 0 Å². The van der Waals surface area contributed by atoms with E-state index in [1.807, 2.05) is 6.07 Å². The molecule has 1 aromatic rings. The number of para-hydroxylation sites is 1. The molecular weight excluding hydrogens is 204 g/mol. The van der Waals surface area contributed by atoms with Crippen molar-refractivity contribution in [2.24, 2.45) is 0 Å². The number of rotatable bonds is 4. The standard InChI is InChI=1S/C7H14O2.C6H6O/c1-3-6(2)8-4-7-5-9-7;7-6-4-2-1-3-5-6/h6-7H,3-5H2,1-2H3;1-5,7H. The highest BCUT2D eigenvalue weighted by Crippen LogP contribution is 2.10. The van der Waals surface area contributed by atoms with Crippen molar-refractivity contribution in [3.63, 3.8) is 0 Å². The first-order chi connectivity index (χ1) is 7.72. The maximum absolute atomic E-state index is 8.63.